The van der Waals surface area contributed by atoms with E-state index < -0.39 is 15.9 Å². The van der Waals surface area contributed by atoms with Crippen molar-refractivity contribution in [3.63, 3.8) is 0 Å². The van der Waals surface area contributed by atoms with Gasteiger partial charge < -0.3 is 5.32 Å². The second-order valence-electron chi connectivity index (χ2n) is 8.16. The smallest absolute Gasteiger partial charge is 0.278 e. The van der Waals surface area contributed by atoms with Gasteiger partial charge in [0.1, 0.15) is 0 Å². The van der Waals surface area contributed by atoms with Crippen molar-refractivity contribution in [2.24, 2.45) is 0 Å². The maximum absolute atomic E-state index is 12.8. The zero-order valence-electron chi connectivity index (χ0n) is 18.5. The molecule has 4 rings (SSSR count). The number of carbonyl (C=O) groups excluding carboxylic acids is 1. The minimum atomic E-state index is -3.51. The topological polar surface area (TPSA) is 97.2 Å². The number of anilines is 1. The van der Waals surface area contributed by atoms with Crippen LogP contribution in [0.5, 0.6) is 0 Å². The Hall–Kier alpha value is -3.04. The van der Waals surface area contributed by atoms with Gasteiger partial charge in [-0.25, -0.2) is 8.42 Å². The molecule has 8 nitrogen and oxygen atoms in total. The fourth-order valence-corrected chi connectivity index (χ4v) is 5.40. The first-order valence-corrected chi connectivity index (χ1v) is 12.1. The summed E-state index contributed by atoms with van der Waals surface area (Å²) in [6.07, 6.45) is 2.83. The minimum absolute atomic E-state index is 0.218. The number of hydrogen-bond donors (Lipinski definition) is 1. The van der Waals surface area contributed by atoms with Crippen molar-refractivity contribution >= 4 is 21.6 Å². The third-order valence-electron chi connectivity index (χ3n) is 5.63. The molecule has 1 aliphatic heterocycles. The van der Waals surface area contributed by atoms with E-state index in [9.17, 15) is 13.2 Å². The molecule has 0 radical (unpaired) electrons. The lowest BCUT2D eigenvalue weighted by molar-refractivity contribution is 0.102. The molecule has 9 heteroatoms. The Balaban J connectivity index is 1.50. The zero-order valence-corrected chi connectivity index (χ0v) is 19.3. The molecule has 0 bridgehead atoms. The number of benzene rings is 2. The van der Waals surface area contributed by atoms with E-state index >= 15 is 0 Å². The molecule has 0 aliphatic carbocycles. The Morgan fingerprint density at radius 2 is 1.62 bits per heavy atom. The standard InChI is InChI=1S/C23H27N5O3S/c1-16-7-12-21(17(2)15-16)28-25-18(3)22(26-28)23(29)24-19-8-10-20(11-9-19)32(30,31)27-13-5-4-6-14-27/h7-12,15H,4-6,13-14H2,1-3H3,(H,24,29). The third-order valence-corrected chi connectivity index (χ3v) is 7.54. The van der Waals surface area contributed by atoms with Crippen LogP contribution in [0.1, 0.15) is 46.6 Å². The maximum Gasteiger partial charge on any atom is 0.278 e. The molecule has 2 aromatic carbocycles. The number of nitrogens with one attached hydrogen (secondary N) is 1. The molecule has 1 saturated heterocycles. The van der Waals surface area contributed by atoms with Crippen LogP contribution >= 0.6 is 0 Å². The monoisotopic (exact) mass is 453 g/mol. The molecular weight excluding hydrogens is 426 g/mol. The van der Waals surface area contributed by atoms with E-state index in [2.05, 4.69) is 15.5 Å². The summed E-state index contributed by atoms with van der Waals surface area (Å²) in [4.78, 5) is 14.5. The van der Waals surface area contributed by atoms with Gasteiger partial charge in [0.15, 0.2) is 5.69 Å². The summed E-state index contributed by atoms with van der Waals surface area (Å²) in [5, 5.41) is 11.6. The number of carbonyl (C=O) groups is 1. The van der Waals surface area contributed by atoms with Crippen molar-refractivity contribution in [3.05, 3.63) is 65.0 Å². The van der Waals surface area contributed by atoms with E-state index in [1.54, 1.807) is 19.1 Å². The number of aryl methyl sites for hydroxylation is 3. The first kappa shape index (κ1) is 22.2. The lowest BCUT2D eigenvalue weighted by Gasteiger charge is -2.25. The number of amides is 1. The average molecular weight is 454 g/mol. The highest BCUT2D eigenvalue weighted by atomic mass is 32.2. The fourth-order valence-electron chi connectivity index (χ4n) is 3.88. The van der Waals surface area contributed by atoms with Gasteiger partial charge in [0.2, 0.25) is 10.0 Å². The molecule has 1 aromatic heterocycles. The number of aromatic nitrogens is 3. The van der Waals surface area contributed by atoms with Gasteiger partial charge in [-0.2, -0.15) is 14.2 Å². The Labute approximate surface area is 188 Å². The van der Waals surface area contributed by atoms with E-state index in [4.69, 9.17) is 0 Å². The summed E-state index contributed by atoms with van der Waals surface area (Å²) in [6.45, 7) is 6.82. The van der Waals surface area contributed by atoms with Gasteiger partial charge in [-0.05, 0) is 69.5 Å². The molecule has 1 N–H and O–H groups in total. The largest absolute Gasteiger partial charge is 0.321 e. The second kappa shape index (κ2) is 8.84. The summed E-state index contributed by atoms with van der Waals surface area (Å²) in [5.41, 5.74) is 4.18. The number of rotatable bonds is 5. The fraction of sp³-hybridized carbons (Fsp3) is 0.348. The number of hydrogen-bond acceptors (Lipinski definition) is 5. The second-order valence-corrected chi connectivity index (χ2v) is 10.1. The highest BCUT2D eigenvalue weighted by Crippen LogP contribution is 2.22. The van der Waals surface area contributed by atoms with Gasteiger partial charge in [-0.15, -0.1) is 5.10 Å². The summed E-state index contributed by atoms with van der Waals surface area (Å²) >= 11 is 0. The Bertz CT molecular complexity index is 1240. The van der Waals surface area contributed by atoms with Crippen molar-refractivity contribution in [3.8, 4) is 5.69 Å². The highest BCUT2D eigenvalue weighted by Gasteiger charge is 2.26. The SMILES string of the molecule is Cc1ccc(-n2nc(C)c(C(=O)Nc3ccc(S(=O)(=O)N4CCCCC4)cc3)n2)c(C)c1. The van der Waals surface area contributed by atoms with Gasteiger partial charge in [-0.1, -0.05) is 24.1 Å². The molecule has 3 aromatic rings. The van der Waals surface area contributed by atoms with E-state index in [1.165, 1.54) is 21.2 Å². The Morgan fingerprint density at radius 1 is 0.938 bits per heavy atom. The van der Waals surface area contributed by atoms with Crippen LogP contribution in [0.4, 0.5) is 5.69 Å². The van der Waals surface area contributed by atoms with Crippen LogP contribution in [0.25, 0.3) is 5.69 Å². The molecule has 32 heavy (non-hydrogen) atoms. The van der Waals surface area contributed by atoms with Crippen LogP contribution < -0.4 is 5.32 Å². The molecule has 168 valence electrons. The van der Waals surface area contributed by atoms with Crippen molar-refractivity contribution in [2.75, 3.05) is 18.4 Å². The average Bonchev–Trinajstić information content (AvgIpc) is 3.16. The summed E-state index contributed by atoms with van der Waals surface area (Å²) in [7, 11) is -3.51. The van der Waals surface area contributed by atoms with Crippen molar-refractivity contribution in [2.45, 2.75) is 44.9 Å². The van der Waals surface area contributed by atoms with Gasteiger partial charge in [0, 0.05) is 18.8 Å². The number of sulfonamides is 1. The molecule has 0 unspecified atom stereocenters. The van der Waals surface area contributed by atoms with Crippen LogP contribution in [0, 0.1) is 20.8 Å². The van der Waals surface area contributed by atoms with Crippen LogP contribution in [0.2, 0.25) is 0 Å². The minimum Gasteiger partial charge on any atom is -0.321 e. The molecule has 1 aliphatic rings. The summed E-state index contributed by atoms with van der Waals surface area (Å²) < 4.78 is 27.1. The lowest BCUT2D eigenvalue weighted by atomic mass is 10.1. The molecule has 0 saturated carbocycles. The van der Waals surface area contributed by atoms with Crippen molar-refractivity contribution < 1.29 is 13.2 Å². The number of nitrogens with zero attached hydrogens (tertiary/aromatic N) is 4. The van der Waals surface area contributed by atoms with Gasteiger partial charge >= 0.3 is 0 Å². The van der Waals surface area contributed by atoms with E-state index in [1.807, 2.05) is 32.0 Å². The van der Waals surface area contributed by atoms with E-state index in [0.29, 0.717) is 24.5 Å². The van der Waals surface area contributed by atoms with Crippen LogP contribution in [0.3, 0.4) is 0 Å². The molecule has 1 fully saturated rings. The Kier molecular flexibility index (Phi) is 6.12. The molecule has 1 amide bonds. The number of piperidine rings is 1. The molecule has 2 heterocycles. The van der Waals surface area contributed by atoms with Crippen LogP contribution in [-0.4, -0.2) is 46.7 Å². The van der Waals surface area contributed by atoms with E-state index in [0.717, 1.165) is 36.1 Å². The van der Waals surface area contributed by atoms with Gasteiger partial charge in [-0.3, -0.25) is 4.79 Å². The van der Waals surface area contributed by atoms with Crippen LogP contribution in [0.15, 0.2) is 47.4 Å². The first-order valence-electron chi connectivity index (χ1n) is 10.7. The maximum atomic E-state index is 12.8. The van der Waals surface area contributed by atoms with Crippen molar-refractivity contribution in [1.29, 1.82) is 0 Å². The predicted molar refractivity (Wildman–Crippen MR) is 123 cm³/mol. The highest BCUT2D eigenvalue weighted by molar-refractivity contribution is 7.89. The van der Waals surface area contributed by atoms with Gasteiger partial charge in [0.05, 0.1) is 16.3 Å². The normalized spacial score (nSPS) is 15.0. The first-order chi connectivity index (χ1) is 15.3. The van der Waals surface area contributed by atoms with E-state index in [-0.39, 0.29) is 10.6 Å². The summed E-state index contributed by atoms with van der Waals surface area (Å²) in [6, 6.07) is 12.2. The van der Waals surface area contributed by atoms with Crippen molar-refractivity contribution in [1.82, 2.24) is 19.3 Å². The lowest BCUT2D eigenvalue weighted by Crippen LogP contribution is -2.35. The third kappa shape index (κ3) is 4.44. The summed E-state index contributed by atoms with van der Waals surface area (Å²) in [5.74, 6) is -0.398. The molecule has 0 atom stereocenters. The quantitative estimate of drug-likeness (QED) is 0.636. The van der Waals surface area contributed by atoms with Gasteiger partial charge in [0.25, 0.3) is 5.91 Å². The van der Waals surface area contributed by atoms with Crippen LogP contribution in [-0.2, 0) is 10.0 Å². The molecular formula is C23H27N5O3S. The zero-order chi connectivity index (χ0) is 22.9. The predicted octanol–water partition coefficient (Wildman–Crippen LogP) is 3.62. The Morgan fingerprint density at radius 3 is 2.28 bits per heavy atom. The molecule has 0 spiro atoms.